The molecule has 178 valence electrons. The predicted octanol–water partition coefficient (Wildman–Crippen LogP) is 4.95. The molecule has 0 aliphatic heterocycles. The summed E-state index contributed by atoms with van der Waals surface area (Å²) in [6.07, 6.45) is 5.18. The van der Waals surface area contributed by atoms with E-state index in [9.17, 15) is 0 Å². The van der Waals surface area contributed by atoms with Crippen molar-refractivity contribution in [1.29, 1.82) is 0 Å². The molecule has 0 unspecified atom stereocenters. The molecule has 5 rings (SSSR count). The molecule has 3 nitrogen and oxygen atoms in total. The van der Waals surface area contributed by atoms with Crippen LogP contribution in [0.15, 0.2) is 121 Å². The van der Waals surface area contributed by atoms with Gasteiger partial charge in [-0.25, -0.2) is 0 Å². The van der Waals surface area contributed by atoms with Crippen LogP contribution >= 0.6 is 25.3 Å². The SMILES string of the molecule is [Cl][Pt+].[c-]1c(C[PH+](c2ccccc2)c2ccccc2)nnn1C[PH+](c1ccccc1)c1ccccc1. The van der Waals surface area contributed by atoms with Crippen molar-refractivity contribution in [2.75, 3.05) is 0 Å². The third kappa shape index (κ3) is 7.19. The van der Waals surface area contributed by atoms with Gasteiger partial charge in [-0.1, -0.05) is 78.5 Å². The van der Waals surface area contributed by atoms with Crippen molar-refractivity contribution in [3.05, 3.63) is 133 Å². The molecule has 1 aromatic heterocycles. The number of hydrogen-bond donors (Lipinski definition) is 0. The second-order valence-corrected chi connectivity index (χ2v) is 12.8. The number of halogens is 1. The summed E-state index contributed by atoms with van der Waals surface area (Å²) in [6, 6.07) is 43.1. The quantitative estimate of drug-likeness (QED) is 0.170. The van der Waals surface area contributed by atoms with Gasteiger partial charge in [0, 0.05) is 0 Å². The molecule has 0 fully saturated rings. The fourth-order valence-electron chi connectivity index (χ4n) is 4.04. The topological polar surface area (TPSA) is 30.7 Å². The number of rotatable bonds is 8. The van der Waals surface area contributed by atoms with Gasteiger partial charge in [0.1, 0.15) is 6.29 Å². The molecule has 0 spiro atoms. The first-order chi connectivity index (χ1) is 17.4. The molecule has 0 N–H and O–H groups in total. The Morgan fingerprint density at radius 2 is 0.971 bits per heavy atom. The van der Waals surface area contributed by atoms with E-state index in [-0.39, 0.29) is 0 Å². The van der Waals surface area contributed by atoms with E-state index in [4.69, 9.17) is 0 Å². The maximum Gasteiger partial charge on any atom is 0.127 e. The average molecular weight is 697 g/mol. The van der Waals surface area contributed by atoms with Crippen LogP contribution in [0, 0.1) is 6.20 Å². The summed E-state index contributed by atoms with van der Waals surface area (Å²) in [5.41, 5.74) is 0.944. The number of hydrogen-bond acceptors (Lipinski definition) is 2. The third-order valence-corrected chi connectivity index (χ3v) is 11.1. The summed E-state index contributed by atoms with van der Waals surface area (Å²) in [7, 11) is 2.57. The second-order valence-electron chi connectivity index (χ2n) is 7.90. The Balaban J connectivity index is 0.00000141. The first-order valence-corrected chi connectivity index (χ1v) is 17.5. The van der Waals surface area contributed by atoms with Crippen LogP contribution in [0.4, 0.5) is 0 Å². The van der Waals surface area contributed by atoms with Gasteiger partial charge in [0.05, 0.1) is 43.2 Å². The summed E-state index contributed by atoms with van der Waals surface area (Å²) < 4.78 is 1.93. The molecule has 35 heavy (non-hydrogen) atoms. The molecule has 5 aromatic rings. The van der Waals surface area contributed by atoms with E-state index in [0.717, 1.165) is 18.1 Å². The van der Waals surface area contributed by atoms with Crippen molar-refractivity contribution in [1.82, 2.24) is 15.0 Å². The summed E-state index contributed by atoms with van der Waals surface area (Å²) in [6.45, 7) is 0. The fourth-order valence-corrected chi connectivity index (χ4v) is 8.79. The zero-order valence-corrected chi connectivity index (χ0v) is 24.0. The zero-order valence-electron chi connectivity index (χ0n) is 19.0. The first kappa shape index (κ1) is 25.9. The van der Waals surface area contributed by atoms with Gasteiger partial charge >= 0.3 is 28.2 Å². The molecule has 0 aliphatic rings. The molecule has 0 amide bonds. The number of aromatic nitrogens is 3. The van der Waals surface area contributed by atoms with Crippen molar-refractivity contribution >= 4 is 46.5 Å². The number of nitrogens with zero attached hydrogens (tertiary/aromatic N) is 3. The van der Waals surface area contributed by atoms with Crippen molar-refractivity contribution in [3.8, 4) is 0 Å². The molecule has 4 aromatic carbocycles. The Morgan fingerprint density at radius 3 is 1.37 bits per heavy atom. The van der Waals surface area contributed by atoms with E-state index in [1.165, 1.54) is 21.2 Å². The summed E-state index contributed by atoms with van der Waals surface area (Å²) >= 11 is 1.61. The molecule has 0 saturated carbocycles. The first-order valence-electron chi connectivity index (χ1n) is 11.2. The van der Waals surface area contributed by atoms with Gasteiger partial charge in [0.25, 0.3) is 0 Å². The largest absolute Gasteiger partial charge is 0.395 e. The van der Waals surface area contributed by atoms with Crippen LogP contribution in [0.2, 0.25) is 0 Å². The molecule has 0 saturated heterocycles. The Labute approximate surface area is 224 Å². The van der Waals surface area contributed by atoms with E-state index >= 15 is 0 Å². The van der Waals surface area contributed by atoms with Gasteiger partial charge in [0.15, 0.2) is 0 Å². The normalized spacial score (nSPS) is 10.8. The smallest absolute Gasteiger partial charge is 0.127 e. The van der Waals surface area contributed by atoms with Crippen LogP contribution in [-0.2, 0) is 31.2 Å². The monoisotopic (exact) mass is 696 g/mol. The predicted molar refractivity (Wildman–Crippen MR) is 149 cm³/mol. The minimum Gasteiger partial charge on any atom is -0.395 e. The van der Waals surface area contributed by atoms with E-state index < -0.39 is 15.8 Å². The molecule has 0 aliphatic carbocycles. The molecule has 1 heterocycles. The van der Waals surface area contributed by atoms with Crippen molar-refractivity contribution in [2.45, 2.75) is 12.4 Å². The standard InChI is InChI=1S/C28H24N3P2.ClH.Pt/c1-5-13-25(14-6-1)32(26-15-7-2-8-16-26)22-24-21-31(30-29-24)23-33(27-17-9-3-10-18-27)28-19-11-4-12-20-28;;/h1-20H,22-23H2;1H;/q-1;;+2/p+1. The molecular formula is C28H26ClN3P2Pt+2. The van der Waals surface area contributed by atoms with Gasteiger partial charge in [-0.3, -0.25) is 0 Å². The number of benzene rings is 4. The average Bonchev–Trinajstić information content (AvgIpc) is 3.40. The summed E-state index contributed by atoms with van der Waals surface area (Å²) in [4.78, 5) is 0. The summed E-state index contributed by atoms with van der Waals surface area (Å²) in [5.74, 6) is 0. The van der Waals surface area contributed by atoms with E-state index in [2.05, 4.69) is 147 Å². The van der Waals surface area contributed by atoms with Gasteiger partial charge < -0.3 is 10.9 Å². The molecular weight excluding hydrogens is 671 g/mol. The van der Waals surface area contributed by atoms with E-state index in [0.29, 0.717) is 0 Å². The Bertz CT molecular complexity index is 1090. The van der Waals surface area contributed by atoms with Crippen LogP contribution in [0.25, 0.3) is 0 Å². The van der Waals surface area contributed by atoms with Crippen molar-refractivity contribution in [2.24, 2.45) is 0 Å². The minimum absolute atomic E-state index is 0.810. The van der Waals surface area contributed by atoms with Gasteiger partial charge in [0.2, 0.25) is 0 Å². The molecule has 7 heteroatoms. The van der Waals surface area contributed by atoms with Crippen LogP contribution < -0.4 is 21.2 Å². The summed E-state index contributed by atoms with van der Waals surface area (Å²) in [5, 5.41) is 14.6. The zero-order chi connectivity index (χ0) is 24.3. The minimum atomic E-state index is -1.03. The molecule has 0 bridgehead atoms. The fraction of sp³-hybridized carbons (Fsp3) is 0.0714. The third-order valence-electron chi connectivity index (χ3n) is 5.67. The van der Waals surface area contributed by atoms with Crippen LogP contribution in [0.5, 0.6) is 0 Å². The van der Waals surface area contributed by atoms with E-state index in [1.807, 2.05) is 4.68 Å². The van der Waals surface area contributed by atoms with Gasteiger partial charge in [-0.2, -0.15) is 5.10 Å². The van der Waals surface area contributed by atoms with Crippen LogP contribution in [0.1, 0.15) is 5.69 Å². The van der Waals surface area contributed by atoms with Crippen LogP contribution in [0.3, 0.4) is 0 Å². The Hall–Kier alpha value is -2.14. The van der Waals surface area contributed by atoms with E-state index in [1.54, 1.807) is 18.8 Å². The molecule has 0 atom stereocenters. The van der Waals surface area contributed by atoms with Crippen molar-refractivity contribution < 1.29 is 18.8 Å². The Kier molecular flexibility index (Phi) is 10.2. The second kappa shape index (κ2) is 13.8. The maximum absolute atomic E-state index is 4.61. The van der Waals surface area contributed by atoms with Crippen LogP contribution in [-0.4, -0.2) is 15.0 Å². The van der Waals surface area contributed by atoms with Gasteiger partial charge in [-0.05, 0) is 48.5 Å². The van der Waals surface area contributed by atoms with Crippen molar-refractivity contribution in [3.63, 3.8) is 0 Å². The molecule has 0 radical (unpaired) electrons. The maximum atomic E-state index is 4.61. The van der Waals surface area contributed by atoms with Gasteiger partial charge in [-0.15, -0.1) is 5.21 Å². The Morgan fingerprint density at radius 1 is 0.600 bits per heavy atom.